The maximum Gasteiger partial charge on any atom is 0.410 e. The van der Waals surface area contributed by atoms with Gasteiger partial charge in [-0.2, -0.15) is 0 Å². The summed E-state index contributed by atoms with van der Waals surface area (Å²) in [5.74, 6) is 0.796. The van der Waals surface area contributed by atoms with Crippen molar-refractivity contribution in [3.05, 3.63) is 0 Å². The molecule has 1 amide bonds. The lowest BCUT2D eigenvalue weighted by molar-refractivity contribution is 0.00700. The highest BCUT2D eigenvalue weighted by molar-refractivity contribution is 5.80. The zero-order valence-corrected chi connectivity index (χ0v) is 16.7. The zero-order valence-electron chi connectivity index (χ0n) is 16.7. The molecule has 2 heterocycles. The summed E-state index contributed by atoms with van der Waals surface area (Å²) < 4.78 is 10.7. The number of nitrogens with one attached hydrogen (secondary N) is 2. The molecule has 2 aliphatic heterocycles. The van der Waals surface area contributed by atoms with Crippen LogP contribution in [0, 0.1) is 0 Å². The number of ether oxygens (including phenoxy) is 2. The van der Waals surface area contributed by atoms with Crippen LogP contribution in [0.2, 0.25) is 0 Å². The van der Waals surface area contributed by atoms with Gasteiger partial charge in [0.15, 0.2) is 5.96 Å². The highest BCUT2D eigenvalue weighted by Gasteiger charge is 2.34. The Bertz CT molecular complexity index is 466. The maximum atomic E-state index is 11.9. The van der Waals surface area contributed by atoms with E-state index in [0.717, 1.165) is 51.8 Å². The molecule has 0 bridgehead atoms. The number of morpholine rings is 1. The molecule has 2 aliphatic rings. The molecule has 0 aromatic rings. The molecule has 0 saturated carbocycles. The van der Waals surface area contributed by atoms with E-state index in [1.54, 1.807) is 11.9 Å². The molecule has 0 radical (unpaired) electrons. The molecular weight excluding hydrogens is 334 g/mol. The van der Waals surface area contributed by atoms with Crippen molar-refractivity contribution in [2.45, 2.75) is 45.3 Å². The van der Waals surface area contributed by atoms with Crippen molar-refractivity contribution in [2.24, 2.45) is 4.99 Å². The Labute approximate surface area is 157 Å². The van der Waals surface area contributed by atoms with E-state index >= 15 is 0 Å². The summed E-state index contributed by atoms with van der Waals surface area (Å²) in [7, 11) is 1.77. The van der Waals surface area contributed by atoms with Gasteiger partial charge in [-0.3, -0.25) is 9.89 Å². The molecule has 26 heavy (non-hydrogen) atoms. The molecule has 2 rings (SSSR count). The summed E-state index contributed by atoms with van der Waals surface area (Å²) >= 11 is 0. The Morgan fingerprint density at radius 2 is 1.92 bits per heavy atom. The van der Waals surface area contributed by atoms with Crippen molar-refractivity contribution < 1.29 is 14.3 Å². The largest absolute Gasteiger partial charge is 0.444 e. The number of rotatable bonds is 6. The number of unbranched alkanes of at least 4 members (excludes halogenated alkanes) is 1. The Balaban J connectivity index is 1.54. The van der Waals surface area contributed by atoms with Crippen LogP contribution in [0.25, 0.3) is 0 Å². The van der Waals surface area contributed by atoms with Crippen LogP contribution in [0.4, 0.5) is 4.79 Å². The second-order valence-electron chi connectivity index (χ2n) is 7.89. The Kier molecular flexibility index (Phi) is 7.96. The molecule has 0 aliphatic carbocycles. The van der Waals surface area contributed by atoms with E-state index in [-0.39, 0.29) is 12.1 Å². The summed E-state index contributed by atoms with van der Waals surface area (Å²) in [5.41, 5.74) is -0.450. The van der Waals surface area contributed by atoms with Crippen LogP contribution < -0.4 is 10.6 Å². The van der Waals surface area contributed by atoms with Gasteiger partial charge in [0.1, 0.15) is 5.60 Å². The van der Waals surface area contributed by atoms with E-state index in [1.807, 2.05) is 20.8 Å². The van der Waals surface area contributed by atoms with Crippen molar-refractivity contribution in [3.8, 4) is 0 Å². The quantitative estimate of drug-likeness (QED) is 0.411. The van der Waals surface area contributed by atoms with Gasteiger partial charge >= 0.3 is 6.09 Å². The van der Waals surface area contributed by atoms with Crippen LogP contribution in [0.5, 0.6) is 0 Å². The molecular formula is C18H35N5O3. The maximum absolute atomic E-state index is 11.9. The summed E-state index contributed by atoms with van der Waals surface area (Å²) in [6.45, 7) is 12.8. The summed E-state index contributed by atoms with van der Waals surface area (Å²) in [6.07, 6.45) is 2.02. The van der Waals surface area contributed by atoms with Gasteiger partial charge in [0.2, 0.25) is 0 Å². The number of aliphatic imine (C=N–C) groups is 1. The van der Waals surface area contributed by atoms with E-state index in [0.29, 0.717) is 13.1 Å². The lowest BCUT2D eigenvalue weighted by Crippen LogP contribution is -2.63. The normalized spacial score (nSPS) is 19.8. The standard InChI is InChI=1S/C18H35N5O3/c1-18(2,3)26-17(24)23-13-15(14-23)21-16(19-4)20-7-5-6-8-22-9-11-25-12-10-22/h15H,5-14H2,1-4H3,(H2,19,20,21). The lowest BCUT2D eigenvalue weighted by atomic mass is 10.1. The van der Waals surface area contributed by atoms with Crippen LogP contribution in [-0.4, -0.2) is 93.0 Å². The number of nitrogens with zero attached hydrogens (tertiary/aromatic N) is 3. The van der Waals surface area contributed by atoms with Crippen LogP contribution >= 0.6 is 0 Å². The third-order valence-electron chi connectivity index (χ3n) is 4.39. The molecule has 2 N–H and O–H groups in total. The van der Waals surface area contributed by atoms with Gasteiger partial charge in [0.25, 0.3) is 0 Å². The van der Waals surface area contributed by atoms with Gasteiger partial charge in [0, 0.05) is 39.8 Å². The second kappa shape index (κ2) is 9.97. The number of carbonyl (C=O) groups is 1. The summed E-state index contributed by atoms with van der Waals surface area (Å²) in [6, 6.07) is 0.224. The van der Waals surface area contributed by atoms with Crippen LogP contribution in [0.1, 0.15) is 33.6 Å². The summed E-state index contributed by atoms with van der Waals surface area (Å²) in [4.78, 5) is 20.4. The number of carbonyl (C=O) groups excluding carboxylic acids is 1. The lowest BCUT2D eigenvalue weighted by Gasteiger charge is -2.40. The number of guanidine groups is 1. The number of likely N-dealkylation sites (tertiary alicyclic amines) is 1. The second-order valence-corrected chi connectivity index (χ2v) is 7.89. The van der Waals surface area contributed by atoms with Gasteiger partial charge in [-0.25, -0.2) is 4.79 Å². The van der Waals surface area contributed by atoms with Gasteiger partial charge in [-0.05, 0) is 40.2 Å². The Hall–Kier alpha value is -1.54. The molecule has 8 heteroatoms. The van der Waals surface area contributed by atoms with Gasteiger partial charge in [-0.1, -0.05) is 0 Å². The molecule has 0 unspecified atom stereocenters. The van der Waals surface area contributed by atoms with E-state index in [2.05, 4.69) is 20.5 Å². The van der Waals surface area contributed by atoms with E-state index < -0.39 is 5.60 Å². The third-order valence-corrected chi connectivity index (χ3v) is 4.39. The molecule has 2 fully saturated rings. The van der Waals surface area contributed by atoms with E-state index in [4.69, 9.17) is 9.47 Å². The summed E-state index contributed by atoms with van der Waals surface area (Å²) in [5, 5.41) is 6.70. The van der Waals surface area contributed by atoms with E-state index in [1.165, 1.54) is 6.42 Å². The fourth-order valence-electron chi connectivity index (χ4n) is 2.93. The Morgan fingerprint density at radius 3 is 2.54 bits per heavy atom. The highest BCUT2D eigenvalue weighted by atomic mass is 16.6. The SMILES string of the molecule is CN=C(NCCCCN1CCOCC1)NC1CN(C(=O)OC(C)(C)C)C1. The van der Waals surface area contributed by atoms with Crippen molar-refractivity contribution in [1.29, 1.82) is 0 Å². The fourth-order valence-corrected chi connectivity index (χ4v) is 2.93. The van der Waals surface area contributed by atoms with Crippen molar-refractivity contribution >= 4 is 12.1 Å². The molecule has 0 aromatic heterocycles. The average molecular weight is 370 g/mol. The Morgan fingerprint density at radius 1 is 1.23 bits per heavy atom. The topological polar surface area (TPSA) is 78.4 Å². The molecule has 8 nitrogen and oxygen atoms in total. The predicted molar refractivity (Wildman–Crippen MR) is 103 cm³/mol. The first-order chi connectivity index (χ1) is 12.4. The van der Waals surface area contributed by atoms with Gasteiger partial charge in [0.05, 0.1) is 19.3 Å². The van der Waals surface area contributed by atoms with Gasteiger partial charge < -0.3 is 25.0 Å². The van der Waals surface area contributed by atoms with E-state index in [9.17, 15) is 4.79 Å². The molecule has 0 atom stereocenters. The smallest absolute Gasteiger partial charge is 0.410 e. The minimum atomic E-state index is -0.450. The number of hydrogen-bond donors (Lipinski definition) is 2. The first-order valence-corrected chi connectivity index (χ1v) is 9.62. The van der Waals surface area contributed by atoms with Crippen LogP contribution in [0.15, 0.2) is 4.99 Å². The molecule has 0 spiro atoms. The minimum absolute atomic E-state index is 0.224. The minimum Gasteiger partial charge on any atom is -0.444 e. The predicted octanol–water partition coefficient (Wildman–Crippen LogP) is 0.883. The molecule has 150 valence electrons. The number of hydrogen-bond acceptors (Lipinski definition) is 5. The fraction of sp³-hybridized carbons (Fsp3) is 0.889. The van der Waals surface area contributed by atoms with Crippen LogP contribution in [-0.2, 0) is 9.47 Å². The molecule has 2 saturated heterocycles. The number of amides is 1. The molecule has 0 aromatic carbocycles. The zero-order chi connectivity index (χ0) is 19.0. The van der Waals surface area contributed by atoms with Gasteiger partial charge in [-0.15, -0.1) is 0 Å². The third kappa shape index (κ3) is 7.37. The van der Waals surface area contributed by atoms with Crippen LogP contribution in [0.3, 0.4) is 0 Å². The first-order valence-electron chi connectivity index (χ1n) is 9.62. The van der Waals surface area contributed by atoms with Crippen molar-refractivity contribution in [3.63, 3.8) is 0 Å². The monoisotopic (exact) mass is 369 g/mol. The highest BCUT2D eigenvalue weighted by Crippen LogP contribution is 2.15. The van der Waals surface area contributed by atoms with Crippen molar-refractivity contribution in [1.82, 2.24) is 20.4 Å². The average Bonchev–Trinajstić information content (AvgIpc) is 2.54. The van der Waals surface area contributed by atoms with Crippen molar-refractivity contribution in [2.75, 3.05) is 59.5 Å². The first kappa shape index (κ1) is 20.8.